The van der Waals surface area contributed by atoms with Crippen LogP contribution in [0.5, 0.6) is 0 Å². The first-order valence-corrected chi connectivity index (χ1v) is 3.04. The van der Waals surface area contributed by atoms with Crippen LogP contribution in [0.25, 0.3) is 0 Å². The maximum atomic E-state index is 5.66. The van der Waals surface area contributed by atoms with Crippen molar-refractivity contribution in [2.75, 3.05) is 0 Å². The molecule has 0 N–H and O–H groups in total. The van der Waals surface area contributed by atoms with Crippen LogP contribution in [-0.2, 0) is 0 Å². The van der Waals surface area contributed by atoms with E-state index >= 15 is 0 Å². The SMILES string of the molecule is CC1C=NC=C(Cl)C1. The third-order valence-electron chi connectivity index (χ3n) is 1.07. The maximum Gasteiger partial charge on any atom is 0.0409 e. The van der Waals surface area contributed by atoms with Crippen LogP contribution in [0.3, 0.4) is 0 Å². The van der Waals surface area contributed by atoms with Crippen molar-refractivity contribution in [2.24, 2.45) is 10.9 Å². The Labute approximate surface area is 54.1 Å². The van der Waals surface area contributed by atoms with Crippen molar-refractivity contribution in [3.63, 3.8) is 0 Å². The fourth-order valence-corrected chi connectivity index (χ4v) is 0.984. The first kappa shape index (κ1) is 5.83. The van der Waals surface area contributed by atoms with Gasteiger partial charge in [0.2, 0.25) is 0 Å². The Balaban J connectivity index is 2.59. The fourth-order valence-electron chi connectivity index (χ4n) is 0.684. The van der Waals surface area contributed by atoms with Crippen LogP contribution in [-0.4, -0.2) is 6.21 Å². The van der Waals surface area contributed by atoms with E-state index in [1.807, 2.05) is 6.21 Å². The molecule has 0 saturated heterocycles. The molecule has 0 aromatic heterocycles. The van der Waals surface area contributed by atoms with Gasteiger partial charge >= 0.3 is 0 Å². The zero-order valence-corrected chi connectivity index (χ0v) is 5.52. The molecule has 0 amide bonds. The standard InChI is InChI=1S/C6H8ClN/c1-5-2-6(7)4-8-3-5/h3-5H,2H2,1H3. The van der Waals surface area contributed by atoms with Gasteiger partial charge in [-0.05, 0) is 12.3 Å². The van der Waals surface area contributed by atoms with E-state index in [2.05, 4.69) is 11.9 Å². The minimum Gasteiger partial charge on any atom is -0.268 e. The van der Waals surface area contributed by atoms with E-state index in [4.69, 9.17) is 11.6 Å². The summed E-state index contributed by atoms with van der Waals surface area (Å²) in [6.45, 7) is 2.10. The lowest BCUT2D eigenvalue weighted by Crippen LogP contribution is -1.98. The third-order valence-corrected chi connectivity index (χ3v) is 1.32. The number of allylic oxidation sites excluding steroid dienone is 1. The Morgan fingerprint density at radius 3 is 3.00 bits per heavy atom. The molecular formula is C6H8ClN. The first-order chi connectivity index (χ1) is 3.79. The van der Waals surface area contributed by atoms with Gasteiger partial charge in [-0.25, -0.2) is 0 Å². The predicted molar refractivity (Wildman–Crippen MR) is 36.2 cm³/mol. The Morgan fingerprint density at radius 2 is 2.62 bits per heavy atom. The number of halogens is 1. The molecule has 0 aromatic rings. The fraction of sp³-hybridized carbons (Fsp3) is 0.500. The van der Waals surface area contributed by atoms with Crippen LogP contribution in [0.4, 0.5) is 0 Å². The topological polar surface area (TPSA) is 12.4 Å². The summed E-state index contributed by atoms with van der Waals surface area (Å²) < 4.78 is 0. The monoisotopic (exact) mass is 129 g/mol. The largest absolute Gasteiger partial charge is 0.268 e. The van der Waals surface area contributed by atoms with E-state index in [0.717, 1.165) is 11.5 Å². The molecule has 0 bridgehead atoms. The van der Waals surface area contributed by atoms with Crippen molar-refractivity contribution in [3.8, 4) is 0 Å². The number of hydrogen-bond donors (Lipinski definition) is 0. The number of hydrogen-bond acceptors (Lipinski definition) is 1. The average molecular weight is 130 g/mol. The van der Waals surface area contributed by atoms with Gasteiger partial charge in [0.05, 0.1) is 0 Å². The molecule has 1 aliphatic rings. The van der Waals surface area contributed by atoms with Crippen molar-refractivity contribution in [3.05, 3.63) is 11.2 Å². The highest BCUT2D eigenvalue weighted by molar-refractivity contribution is 6.29. The van der Waals surface area contributed by atoms with Gasteiger partial charge < -0.3 is 0 Å². The highest BCUT2D eigenvalue weighted by Crippen LogP contribution is 2.16. The normalized spacial score (nSPS) is 27.8. The first-order valence-electron chi connectivity index (χ1n) is 2.67. The van der Waals surface area contributed by atoms with Crippen LogP contribution < -0.4 is 0 Å². The van der Waals surface area contributed by atoms with Crippen LogP contribution >= 0.6 is 11.6 Å². The maximum absolute atomic E-state index is 5.66. The number of nitrogens with zero attached hydrogens (tertiary/aromatic N) is 1. The molecule has 1 rings (SSSR count). The molecule has 0 aliphatic carbocycles. The second-order valence-corrected chi connectivity index (χ2v) is 2.54. The van der Waals surface area contributed by atoms with E-state index in [1.54, 1.807) is 6.20 Å². The van der Waals surface area contributed by atoms with Crippen molar-refractivity contribution in [2.45, 2.75) is 13.3 Å². The molecular weight excluding hydrogens is 122 g/mol. The van der Waals surface area contributed by atoms with Gasteiger partial charge in [-0.15, -0.1) is 0 Å². The molecule has 1 atom stereocenters. The molecule has 44 valence electrons. The van der Waals surface area contributed by atoms with Crippen LogP contribution in [0.2, 0.25) is 0 Å². The quantitative estimate of drug-likeness (QED) is 0.476. The summed E-state index contributed by atoms with van der Waals surface area (Å²) in [6.07, 6.45) is 4.55. The van der Waals surface area contributed by atoms with Crippen LogP contribution in [0.1, 0.15) is 13.3 Å². The van der Waals surface area contributed by atoms with E-state index < -0.39 is 0 Å². The summed E-state index contributed by atoms with van der Waals surface area (Å²) in [5.74, 6) is 0.521. The third kappa shape index (κ3) is 1.34. The molecule has 8 heavy (non-hydrogen) atoms. The Morgan fingerprint density at radius 1 is 1.88 bits per heavy atom. The van der Waals surface area contributed by atoms with Gasteiger partial charge in [0.25, 0.3) is 0 Å². The van der Waals surface area contributed by atoms with Gasteiger partial charge in [-0.2, -0.15) is 0 Å². The molecule has 0 spiro atoms. The lowest BCUT2D eigenvalue weighted by atomic mass is 10.1. The van der Waals surface area contributed by atoms with E-state index in [9.17, 15) is 0 Å². The molecule has 1 unspecified atom stereocenters. The Kier molecular flexibility index (Phi) is 1.69. The molecule has 0 fully saturated rings. The Hall–Kier alpha value is -0.300. The molecule has 2 heteroatoms. The number of rotatable bonds is 0. The van der Waals surface area contributed by atoms with E-state index in [-0.39, 0.29) is 0 Å². The summed E-state index contributed by atoms with van der Waals surface area (Å²) in [5, 5.41) is 0.861. The van der Waals surface area contributed by atoms with Gasteiger partial charge in [0.15, 0.2) is 0 Å². The molecule has 0 aromatic carbocycles. The zero-order valence-electron chi connectivity index (χ0n) is 4.76. The molecule has 1 aliphatic heterocycles. The summed E-state index contributed by atoms with van der Waals surface area (Å²) in [7, 11) is 0. The summed E-state index contributed by atoms with van der Waals surface area (Å²) in [4.78, 5) is 3.92. The lowest BCUT2D eigenvalue weighted by molar-refractivity contribution is 0.785. The minimum absolute atomic E-state index is 0.521. The van der Waals surface area contributed by atoms with Crippen molar-refractivity contribution in [1.82, 2.24) is 0 Å². The van der Waals surface area contributed by atoms with Crippen molar-refractivity contribution >= 4 is 17.8 Å². The highest BCUT2D eigenvalue weighted by atomic mass is 35.5. The molecule has 1 nitrogen and oxygen atoms in total. The van der Waals surface area contributed by atoms with Crippen molar-refractivity contribution in [1.29, 1.82) is 0 Å². The summed E-state index contributed by atoms with van der Waals surface area (Å²) in [5.41, 5.74) is 0. The smallest absolute Gasteiger partial charge is 0.0409 e. The minimum atomic E-state index is 0.521. The van der Waals surface area contributed by atoms with Gasteiger partial charge in [0.1, 0.15) is 0 Å². The predicted octanol–water partition coefficient (Wildman–Crippen LogP) is 2.18. The van der Waals surface area contributed by atoms with Gasteiger partial charge in [-0.1, -0.05) is 18.5 Å². The average Bonchev–Trinajstić information content (AvgIpc) is 1.64. The number of aliphatic imine (C=N–C) groups is 1. The van der Waals surface area contributed by atoms with Crippen LogP contribution in [0.15, 0.2) is 16.2 Å². The highest BCUT2D eigenvalue weighted by Gasteiger charge is 2.03. The zero-order chi connectivity index (χ0) is 5.98. The van der Waals surface area contributed by atoms with E-state index in [1.165, 1.54) is 0 Å². The summed E-state index contributed by atoms with van der Waals surface area (Å²) in [6, 6.07) is 0. The lowest BCUT2D eigenvalue weighted by Gasteiger charge is -2.06. The molecule has 0 radical (unpaired) electrons. The Bertz CT molecular complexity index is 137. The van der Waals surface area contributed by atoms with Gasteiger partial charge in [0, 0.05) is 17.4 Å². The van der Waals surface area contributed by atoms with E-state index in [0.29, 0.717) is 5.92 Å². The molecule has 0 saturated carbocycles. The second-order valence-electron chi connectivity index (χ2n) is 2.06. The van der Waals surface area contributed by atoms with Crippen LogP contribution in [0, 0.1) is 5.92 Å². The van der Waals surface area contributed by atoms with Gasteiger partial charge in [-0.3, -0.25) is 4.99 Å². The molecule has 1 heterocycles. The summed E-state index contributed by atoms with van der Waals surface area (Å²) >= 11 is 5.66. The van der Waals surface area contributed by atoms with Crippen molar-refractivity contribution < 1.29 is 0 Å². The second kappa shape index (κ2) is 2.31.